The molecule has 0 aliphatic rings. The number of fused-ring (bicyclic) bond motifs is 1. The molecule has 23 heavy (non-hydrogen) atoms. The SMILES string of the molecule is Cc1c(C=COS(=O)(=O)C(F)(F)F)c(C)c2ccccc2c1C. The van der Waals surface area contributed by atoms with Gasteiger partial charge in [0.1, 0.15) is 6.26 Å². The van der Waals surface area contributed by atoms with E-state index in [0.29, 0.717) is 11.8 Å². The van der Waals surface area contributed by atoms with E-state index < -0.39 is 15.6 Å². The van der Waals surface area contributed by atoms with E-state index in [1.165, 1.54) is 6.08 Å². The topological polar surface area (TPSA) is 43.4 Å². The third-order valence-corrected chi connectivity index (χ3v) is 4.74. The Bertz CT molecular complexity index is 882. The molecule has 0 saturated carbocycles. The molecule has 2 rings (SSSR count). The average molecular weight is 344 g/mol. The van der Waals surface area contributed by atoms with Crippen molar-refractivity contribution in [3.63, 3.8) is 0 Å². The van der Waals surface area contributed by atoms with Crippen molar-refractivity contribution >= 4 is 27.0 Å². The van der Waals surface area contributed by atoms with Crippen LogP contribution in [0.3, 0.4) is 0 Å². The summed E-state index contributed by atoms with van der Waals surface area (Å²) < 4.78 is 62.4. The molecule has 0 N–H and O–H groups in total. The van der Waals surface area contributed by atoms with Crippen LogP contribution >= 0.6 is 0 Å². The van der Waals surface area contributed by atoms with Crippen molar-refractivity contribution in [3.05, 3.63) is 52.8 Å². The molecule has 0 aliphatic heterocycles. The van der Waals surface area contributed by atoms with Gasteiger partial charge in [-0.15, -0.1) is 0 Å². The van der Waals surface area contributed by atoms with Crippen molar-refractivity contribution in [2.75, 3.05) is 0 Å². The van der Waals surface area contributed by atoms with E-state index in [9.17, 15) is 21.6 Å². The lowest BCUT2D eigenvalue weighted by atomic mass is 9.91. The van der Waals surface area contributed by atoms with Gasteiger partial charge < -0.3 is 4.18 Å². The molecular weight excluding hydrogens is 329 g/mol. The smallest absolute Gasteiger partial charge is 0.384 e. The number of hydrogen-bond acceptors (Lipinski definition) is 3. The second kappa shape index (κ2) is 5.88. The van der Waals surface area contributed by atoms with Crippen LogP contribution in [-0.4, -0.2) is 13.9 Å². The molecule has 0 atom stereocenters. The van der Waals surface area contributed by atoms with Crippen molar-refractivity contribution in [2.24, 2.45) is 0 Å². The van der Waals surface area contributed by atoms with E-state index in [4.69, 9.17) is 0 Å². The van der Waals surface area contributed by atoms with Gasteiger partial charge in [-0.1, -0.05) is 24.3 Å². The molecule has 2 aromatic carbocycles. The van der Waals surface area contributed by atoms with Crippen LogP contribution < -0.4 is 0 Å². The number of benzene rings is 2. The summed E-state index contributed by atoms with van der Waals surface area (Å²) in [5.41, 5.74) is -2.14. The zero-order valence-corrected chi connectivity index (χ0v) is 13.5. The summed E-state index contributed by atoms with van der Waals surface area (Å²) in [6.45, 7) is 5.56. The third-order valence-electron chi connectivity index (χ3n) is 3.81. The fraction of sp³-hybridized carbons (Fsp3) is 0.250. The van der Waals surface area contributed by atoms with Gasteiger partial charge in [-0.3, -0.25) is 0 Å². The lowest BCUT2D eigenvalue weighted by Crippen LogP contribution is -2.23. The summed E-state index contributed by atoms with van der Waals surface area (Å²) in [5, 5.41) is 2.00. The molecule has 0 fully saturated rings. The van der Waals surface area contributed by atoms with Gasteiger partial charge in [0.2, 0.25) is 0 Å². The van der Waals surface area contributed by atoms with Gasteiger partial charge in [0.15, 0.2) is 0 Å². The average Bonchev–Trinajstić information content (AvgIpc) is 2.47. The first kappa shape index (κ1) is 17.3. The van der Waals surface area contributed by atoms with E-state index in [0.717, 1.165) is 27.5 Å². The molecule has 0 unspecified atom stereocenters. The first-order valence-corrected chi connectivity index (χ1v) is 8.11. The normalized spacial score (nSPS) is 13.0. The maximum Gasteiger partial charge on any atom is 0.534 e. The number of alkyl halides is 3. The Morgan fingerprint density at radius 2 is 1.48 bits per heavy atom. The van der Waals surface area contributed by atoms with Gasteiger partial charge >= 0.3 is 15.6 Å². The van der Waals surface area contributed by atoms with Crippen molar-refractivity contribution in [2.45, 2.75) is 26.3 Å². The summed E-state index contributed by atoms with van der Waals surface area (Å²) in [7, 11) is -5.63. The molecule has 0 bridgehead atoms. The highest BCUT2D eigenvalue weighted by Crippen LogP contribution is 2.31. The predicted octanol–water partition coefficient (Wildman–Crippen LogP) is 4.60. The van der Waals surface area contributed by atoms with E-state index >= 15 is 0 Å². The van der Waals surface area contributed by atoms with Crippen LogP contribution in [0.25, 0.3) is 16.8 Å². The zero-order valence-electron chi connectivity index (χ0n) is 12.7. The molecule has 7 heteroatoms. The second-order valence-electron chi connectivity index (χ2n) is 5.13. The number of halogens is 3. The van der Waals surface area contributed by atoms with Crippen LogP contribution in [0.15, 0.2) is 30.5 Å². The Labute approximate surface area is 132 Å². The van der Waals surface area contributed by atoms with E-state index in [-0.39, 0.29) is 0 Å². The molecular formula is C16H15F3O3S. The Morgan fingerprint density at radius 3 is 2.00 bits per heavy atom. The fourth-order valence-corrected chi connectivity index (χ4v) is 2.75. The van der Waals surface area contributed by atoms with E-state index in [1.807, 2.05) is 45.0 Å². The molecule has 0 saturated heterocycles. The molecule has 0 aliphatic carbocycles. The van der Waals surface area contributed by atoms with Crippen LogP contribution in [0, 0.1) is 20.8 Å². The summed E-state index contributed by atoms with van der Waals surface area (Å²) in [4.78, 5) is 0. The van der Waals surface area contributed by atoms with Crippen molar-refractivity contribution in [3.8, 4) is 0 Å². The second-order valence-corrected chi connectivity index (χ2v) is 6.70. The molecule has 0 spiro atoms. The van der Waals surface area contributed by atoms with Gasteiger partial charge in [-0.25, -0.2) is 0 Å². The van der Waals surface area contributed by atoms with Crippen molar-refractivity contribution in [1.29, 1.82) is 0 Å². The highest BCUT2D eigenvalue weighted by Gasteiger charge is 2.47. The lowest BCUT2D eigenvalue weighted by Gasteiger charge is -2.14. The van der Waals surface area contributed by atoms with Crippen molar-refractivity contribution in [1.82, 2.24) is 0 Å². The minimum absolute atomic E-state index is 0.562. The molecule has 0 radical (unpaired) electrons. The van der Waals surface area contributed by atoms with Crippen LogP contribution in [0.1, 0.15) is 22.3 Å². The summed E-state index contributed by atoms with van der Waals surface area (Å²) in [6, 6.07) is 7.63. The van der Waals surface area contributed by atoms with Crippen LogP contribution in [0.4, 0.5) is 13.2 Å². The van der Waals surface area contributed by atoms with Crippen LogP contribution in [0.5, 0.6) is 0 Å². The van der Waals surface area contributed by atoms with Crippen LogP contribution in [-0.2, 0) is 14.3 Å². The summed E-state index contributed by atoms with van der Waals surface area (Å²) >= 11 is 0. The number of rotatable bonds is 3. The van der Waals surface area contributed by atoms with Gasteiger partial charge in [-0.2, -0.15) is 21.6 Å². The fourth-order valence-electron chi connectivity index (χ4n) is 2.44. The molecule has 0 aromatic heterocycles. The van der Waals surface area contributed by atoms with Gasteiger partial charge in [-0.05, 0) is 59.9 Å². The number of hydrogen-bond donors (Lipinski definition) is 0. The zero-order chi connectivity index (χ0) is 17.4. The summed E-state index contributed by atoms with van der Waals surface area (Å²) in [5.74, 6) is 0. The highest BCUT2D eigenvalue weighted by molar-refractivity contribution is 7.87. The standard InChI is InChI=1S/C16H15F3O3S/c1-10-11(2)14-6-4-5-7-15(14)12(3)13(10)8-9-22-23(20,21)16(17,18)19/h4-9H,1-3H3. The first-order valence-electron chi connectivity index (χ1n) is 6.71. The van der Waals surface area contributed by atoms with Gasteiger partial charge in [0.05, 0.1) is 0 Å². The Hall–Kier alpha value is -2.02. The molecule has 124 valence electrons. The highest BCUT2D eigenvalue weighted by atomic mass is 32.2. The Kier molecular flexibility index (Phi) is 4.43. The quantitative estimate of drug-likeness (QED) is 0.464. The molecule has 0 amide bonds. The third kappa shape index (κ3) is 3.19. The Morgan fingerprint density at radius 1 is 0.957 bits per heavy atom. The predicted molar refractivity (Wildman–Crippen MR) is 83.3 cm³/mol. The first-order chi connectivity index (χ1) is 10.6. The molecule has 2 aromatic rings. The maximum absolute atomic E-state index is 12.2. The molecule has 3 nitrogen and oxygen atoms in total. The maximum atomic E-state index is 12.2. The minimum Gasteiger partial charge on any atom is -0.384 e. The Balaban J connectivity index is 2.48. The van der Waals surface area contributed by atoms with Gasteiger partial charge in [0, 0.05) is 0 Å². The molecule has 0 heterocycles. The van der Waals surface area contributed by atoms with E-state index in [2.05, 4.69) is 4.18 Å². The summed E-state index contributed by atoms with van der Waals surface area (Å²) in [6.07, 6.45) is 1.81. The van der Waals surface area contributed by atoms with Gasteiger partial charge in [0.25, 0.3) is 0 Å². The monoisotopic (exact) mass is 344 g/mol. The minimum atomic E-state index is -5.63. The van der Waals surface area contributed by atoms with Crippen molar-refractivity contribution < 1.29 is 25.8 Å². The van der Waals surface area contributed by atoms with E-state index in [1.54, 1.807) is 0 Å². The lowest BCUT2D eigenvalue weighted by molar-refractivity contribution is -0.0514. The number of aryl methyl sites for hydroxylation is 2. The van der Waals surface area contributed by atoms with Crippen LogP contribution in [0.2, 0.25) is 0 Å². The largest absolute Gasteiger partial charge is 0.534 e.